The fourth-order valence-corrected chi connectivity index (χ4v) is 7.75. The SMILES string of the molecule is COc1cc(/C=C2/CC(C(C)(C)C)Cc3c2nc2ccccc2c3C(=O)N2CCN(Cc3c(C)nc4cc(C)ccn34)CC2)cc(OC)c1OC. The summed E-state index contributed by atoms with van der Waals surface area (Å²) < 4.78 is 19.2. The minimum Gasteiger partial charge on any atom is -0.493 e. The van der Waals surface area contributed by atoms with Crippen LogP contribution >= 0.6 is 0 Å². The maximum absolute atomic E-state index is 14.8. The van der Waals surface area contributed by atoms with Crippen LogP contribution in [0.15, 0.2) is 54.7 Å². The fourth-order valence-electron chi connectivity index (χ4n) is 7.75. The van der Waals surface area contributed by atoms with Gasteiger partial charge in [-0.2, -0.15) is 0 Å². The van der Waals surface area contributed by atoms with Gasteiger partial charge in [-0.1, -0.05) is 39.0 Å². The number of hydrogen-bond acceptors (Lipinski definition) is 7. The van der Waals surface area contributed by atoms with Gasteiger partial charge in [-0.25, -0.2) is 9.97 Å². The quantitative estimate of drug-likeness (QED) is 0.174. The molecule has 2 aromatic carbocycles. The summed E-state index contributed by atoms with van der Waals surface area (Å²) >= 11 is 0. The second kappa shape index (κ2) is 13.7. The van der Waals surface area contributed by atoms with Crippen molar-refractivity contribution in [3.05, 3.63) is 94.1 Å². The minimum absolute atomic E-state index is 0.0122. The molecule has 4 heterocycles. The van der Waals surface area contributed by atoms with Crippen LogP contribution in [-0.4, -0.2) is 77.6 Å². The maximum Gasteiger partial charge on any atom is 0.254 e. The average molecular weight is 688 g/mol. The Morgan fingerprint density at radius 2 is 1.61 bits per heavy atom. The molecule has 0 N–H and O–H groups in total. The summed E-state index contributed by atoms with van der Waals surface area (Å²) in [4.78, 5) is 29.4. The summed E-state index contributed by atoms with van der Waals surface area (Å²) in [5, 5.41) is 0.919. The first-order chi connectivity index (χ1) is 24.5. The highest BCUT2D eigenvalue weighted by Crippen LogP contribution is 2.46. The molecule has 2 aliphatic rings. The molecule has 0 bridgehead atoms. The van der Waals surface area contributed by atoms with Gasteiger partial charge in [-0.3, -0.25) is 9.69 Å². The van der Waals surface area contributed by atoms with E-state index in [9.17, 15) is 4.79 Å². The maximum atomic E-state index is 14.8. The number of allylic oxidation sites excluding steroid dienone is 1. The van der Waals surface area contributed by atoms with Crippen molar-refractivity contribution < 1.29 is 19.0 Å². The summed E-state index contributed by atoms with van der Waals surface area (Å²) in [5.41, 5.74) is 10.1. The number of amides is 1. The molecule has 1 fully saturated rings. The number of carbonyl (C=O) groups is 1. The van der Waals surface area contributed by atoms with Gasteiger partial charge < -0.3 is 23.5 Å². The van der Waals surface area contributed by atoms with Crippen molar-refractivity contribution in [2.24, 2.45) is 11.3 Å². The van der Waals surface area contributed by atoms with Crippen molar-refractivity contribution in [1.29, 1.82) is 0 Å². The van der Waals surface area contributed by atoms with Gasteiger partial charge in [0.15, 0.2) is 11.5 Å². The van der Waals surface area contributed by atoms with E-state index in [2.05, 4.69) is 74.4 Å². The number of fused-ring (bicyclic) bond motifs is 3. The zero-order valence-corrected chi connectivity index (χ0v) is 31.2. The Labute approximate surface area is 300 Å². The summed E-state index contributed by atoms with van der Waals surface area (Å²) in [6, 6.07) is 16.3. The molecular weight excluding hydrogens is 638 g/mol. The van der Waals surface area contributed by atoms with Crippen molar-refractivity contribution in [3.8, 4) is 17.2 Å². The van der Waals surface area contributed by atoms with E-state index in [0.29, 0.717) is 36.3 Å². The highest BCUT2D eigenvalue weighted by atomic mass is 16.5. The molecule has 7 rings (SSSR count). The van der Waals surface area contributed by atoms with Crippen LogP contribution in [0, 0.1) is 25.2 Å². The molecule has 51 heavy (non-hydrogen) atoms. The molecule has 1 aliphatic carbocycles. The van der Waals surface area contributed by atoms with Gasteiger partial charge in [0.1, 0.15) is 5.65 Å². The third-order valence-electron chi connectivity index (χ3n) is 10.8. The summed E-state index contributed by atoms with van der Waals surface area (Å²) in [5.74, 6) is 2.15. The number of ether oxygens (including phenoxy) is 3. The predicted molar refractivity (Wildman–Crippen MR) is 203 cm³/mol. The third-order valence-corrected chi connectivity index (χ3v) is 10.8. The third kappa shape index (κ3) is 6.55. The summed E-state index contributed by atoms with van der Waals surface area (Å²) in [6.07, 6.45) is 5.93. The van der Waals surface area contributed by atoms with Gasteiger partial charge >= 0.3 is 0 Å². The van der Waals surface area contributed by atoms with Crippen LogP contribution < -0.4 is 14.2 Å². The molecule has 0 radical (unpaired) electrons. The van der Waals surface area contributed by atoms with Gasteiger partial charge in [-0.05, 0) is 96.7 Å². The van der Waals surface area contributed by atoms with E-state index in [-0.39, 0.29) is 11.3 Å². The summed E-state index contributed by atoms with van der Waals surface area (Å²) in [6.45, 7) is 14.8. The fraction of sp³-hybridized carbons (Fsp3) is 0.405. The van der Waals surface area contributed by atoms with Crippen LogP contribution in [0.1, 0.15) is 71.3 Å². The first-order valence-corrected chi connectivity index (χ1v) is 17.9. The molecule has 1 aliphatic heterocycles. The summed E-state index contributed by atoms with van der Waals surface area (Å²) in [7, 11) is 4.88. The number of aromatic nitrogens is 3. The Hall–Kier alpha value is -4.89. The number of nitrogens with zero attached hydrogens (tertiary/aromatic N) is 5. The molecule has 3 aromatic heterocycles. The molecule has 1 saturated heterocycles. The molecule has 1 atom stereocenters. The van der Waals surface area contributed by atoms with Crippen LogP contribution in [0.25, 0.3) is 28.2 Å². The topological polar surface area (TPSA) is 81.4 Å². The van der Waals surface area contributed by atoms with Crippen molar-refractivity contribution in [1.82, 2.24) is 24.2 Å². The van der Waals surface area contributed by atoms with Gasteiger partial charge in [0.05, 0.1) is 49.5 Å². The van der Waals surface area contributed by atoms with Gasteiger partial charge in [0.25, 0.3) is 5.91 Å². The molecule has 9 nitrogen and oxygen atoms in total. The van der Waals surface area contributed by atoms with Crippen LogP contribution in [0.3, 0.4) is 0 Å². The Kier molecular flexibility index (Phi) is 9.27. The molecular formula is C42H49N5O4. The van der Waals surface area contributed by atoms with E-state index in [0.717, 1.165) is 82.7 Å². The van der Waals surface area contributed by atoms with Crippen molar-refractivity contribution in [3.63, 3.8) is 0 Å². The standard InChI is InChI=1S/C42H49N5O4/c1-26-13-14-47-34(27(2)43-37(47)19-26)25-45-15-17-46(18-16-45)41(48)38-31-11-9-10-12-33(31)44-39-29(23-30(24-32(38)39)42(3,4)5)20-28-21-35(49-6)40(51-8)36(22-28)50-7/h9-14,19-22,30H,15-18,23-25H2,1-8H3/b29-20-. The molecule has 0 spiro atoms. The largest absolute Gasteiger partial charge is 0.493 e. The molecule has 266 valence electrons. The van der Waals surface area contributed by atoms with Crippen molar-refractivity contribution in [2.75, 3.05) is 47.5 Å². The zero-order valence-electron chi connectivity index (χ0n) is 31.2. The number of para-hydroxylation sites is 1. The van der Waals surface area contributed by atoms with Gasteiger partial charge in [-0.15, -0.1) is 0 Å². The molecule has 0 saturated carbocycles. The monoisotopic (exact) mass is 687 g/mol. The van der Waals surface area contributed by atoms with E-state index >= 15 is 0 Å². The van der Waals surface area contributed by atoms with Gasteiger partial charge in [0.2, 0.25) is 5.75 Å². The smallest absolute Gasteiger partial charge is 0.254 e. The van der Waals surface area contributed by atoms with E-state index in [1.165, 1.54) is 11.3 Å². The van der Waals surface area contributed by atoms with Crippen molar-refractivity contribution in [2.45, 2.75) is 54.0 Å². The van der Waals surface area contributed by atoms with Crippen LogP contribution in [0.2, 0.25) is 0 Å². The predicted octanol–water partition coefficient (Wildman–Crippen LogP) is 7.63. The first kappa shape index (κ1) is 34.6. The van der Waals surface area contributed by atoms with E-state index in [4.69, 9.17) is 24.2 Å². The van der Waals surface area contributed by atoms with Gasteiger partial charge in [0, 0.05) is 44.3 Å². The lowest BCUT2D eigenvalue weighted by atomic mass is 9.68. The molecule has 9 heteroatoms. The number of benzene rings is 2. The normalized spacial score (nSPS) is 17.6. The zero-order chi connectivity index (χ0) is 36.0. The number of imidazole rings is 1. The Morgan fingerprint density at radius 3 is 2.27 bits per heavy atom. The Balaban J connectivity index is 1.25. The van der Waals surface area contributed by atoms with Crippen LogP contribution in [0.4, 0.5) is 0 Å². The number of carbonyl (C=O) groups excluding carboxylic acids is 1. The molecule has 1 amide bonds. The van der Waals surface area contributed by atoms with E-state index in [1.807, 2.05) is 35.2 Å². The second-order valence-electron chi connectivity index (χ2n) is 15.1. The first-order valence-electron chi connectivity index (χ1n) is 17.9. The van der Waals surface area contributed by atoms with Crippen molar-refractivity contribution >= 4 is 34.1 Å². The Bertz CT molecular complexity index is 2130. The number of pyridine rings is 2. The highest BCUT2D eigenvalue weighted by Gasteiger charge is 2.36. The number of piperazine rings is 1. The lowest BCUT2D eigenvalue weighted by Gasteiger charge is -2.38. The lowest BCUT2D eigenvalue weighted by molar-refractivity contribution is 0.0626. The molecule has 1 unspecified atom stereocenters. The van der Waals surface area contributed by atoms with E-state index < -0.39 is 0 Å². The second-order valence-corrected chi connectivity index (χ2v) is 15.1. The number of aryl methyl sites for hydroxylation is 2. The van der Waals surface area contributed by atoms with Crippen LogP contribution in [0.5, 0.6) is 17.2 Å². The molecule has 5 aromatic rings. The van der Waals surface area contributed by atoms with E-state index in [1.54, 1.807) is 21.3 Å². The number of methoxy groups -OCH3 is 3. The lowest BCUT2D eigenvalue weighted by Crippen LogP contribution is -2.48. The highest BCUT2D eigenvalue weighted by molar-refractivity contribution is 6.09. The number of rotatable bonds is 7. The minimum atomic E-state index is 0.0122. The number of hydrogen-bond donors (Lipinski definition) is 0. The van der Waals surface area contributed by atoms with Crippen LogP contribution in [-0.2, 0) is 13.0 Å². The Morgan fingerprint density at radius 1 is 0.902 bits per heavy atom. The average Bonchev–Trinajstić information content (AvgIpc) is 3.42.